The number of aliphatic hydroxyl groups is 1. The fourth-order valence-electron chi connectivity index (χ4n) is 9.30. The van der Waals surface area contributed by atoms with Crippen LogP contribution < -0.4 is 38.1 Å². The number of unbranched alkanes of at least 4 members (excludes halogenated alkanes) is 2. The van der Waals surface area contributed by atoms with Crippen LogP contribution in [-0.4, -0.2) is 102 Å². The first-order valence-corrected chi connectivity index (χ1v) is 22.5. The molecule has 4 aliphatic rings. The van der Waals surface area contributed by atoms with Crippen molar-refractivity contribution in [1.29, 1.82) is 0 Å². The SMILES string of the molecule is CCCCc1ccc(-c2ccc(C(=O)NC(CCCCN)C(=O)NC(C(=O)NC(C)C(=O)NC(CC(N)=O)C(=O)NC(C)B3OC4CC5CC(C5(C)C)C4(C)O3)C(C)O)cc2)cc1. The molecule has 0 aromatic heterocycles. The number of carbonyl (C=O) groups excluding carboxylic acids is 6. The first-order valence-electron chi connectivity index (χ1n) is 22.5. The Balaban J connectivity index is 1.16. The second-order valence-electron chi connectivity index (χ2n) is 18.5. The fourth-order valence-corrected chi connectivity index (χ4v) is 9.30. The van der Waals surface area contributed by atoms with Gasteiger partial charge in [-0.25, -0.2) is 0 Å². The van der Waals surface area contributed by atoms with Crippen LogP contribution in [0.15, 0.2) is 48.5 Å². The summed E-state index contributed by atoms with van der Waals surface area (Å²) in [5.74, 6) is -4.32. The molecule has 3 saturated carbocycles. The van der Waals surface area contributed by atoms with Gasteiger partial charge in [-0.2, -0.15) is 0 Å². The number of hydrogen-bond donors (Lipinski definition) is 8. The minimum atomic E-state index is -1.53. The molecule has 1 aliphatic heterocycles. The predicted molar refractivity (Wildman–Crippen MR) is 239 cm³/mol. The molecule has 6 amide bonds. The Morgan fingerprint density at radius 3 is 2.02 bits per heavy atom. The summed E-state index contributed by atoms with van der Waals surface area (Å²) in [7, 11) is -0.751. The molecule has 10 atom stereocenters. The van der Waals surface area contributed by atoms with Gasteiger partial charge in [0.15, 0.2) is 0 Å². The van der Waals surface area contributed by atoms with E-state index in [9.17, 15) is 33.9 Å². The van der Waals surface area contributed by atoms with Gasteiger partial charge in [0.25, 0.3) is 5.91 Å². The third-order valence-electron chi connectivity index (χ3n) is 13.4. The fraction of sp³-hybridized carbons (Fsp3) is 0.609. The van der Waals surface area contributed by atoms with Crippen LogP contribution >= 0.6 is 0 Å². The van der Waals surface area contributed by atoms with Gasteiger partial charge in [0.05, 0.1) is 30.2 Å². The number of nitrogens with two attached hydrogens (primary N) is 2. The average Bonchev–Trinajstić information content (AvgIpc) is 3.61. The van der Waals surface area contributed by atoms with Crippen LogP contribution in [0.5, 0.6) is 0 Å². The third-order valence-corrected chi connectivity index (χ3v) is 13.4. The van der Waals surface area contributed by atoms with E-state index < -0.39 is 90.8 Å². The van der Waals surface area contributed by atoms with Crippen molar-refractivity contribution in [2.45, 2.75) is 154 Å². The molecular formula is C46H68BN7O9. The van der Waals surface area contributed by atoms with Crippen LogP contribution in [0, 0.1) is 17.3 Å². The lowest BCUT2D eigenvalue weighted by atomic mass is 9.43. The second kappa shape index (κ2) is 21.2. The molecule has 6 rings (SSSR count). The van der Waals surface area contributed by atoms with Crippen molar-refractivity contribution in [1.82, 2.24) is 26.6 Å². The Hall–Kier alpha value is -4.84. The highest BCUT2D eigenvalue weighted by molar-refractivity contribution is 6.47. The first kappa shape index (κ1) is 49.2. The average molecular weight is 874 g/mol. The molecule has 0 spiro atoms. The van der Waals surface area contributed by atoms with Gasteiger partial charge >= 0.3 is 7.12 Å². The van der Waals surface area contributed by atoms with Crippen LogP contribution in [0.25, 0.3) is 11.1 Å². The van der Waals surface area contributed by atoms with E-state index in [2.05, 4.69) is 78.5 Å². The third kappa shape index (κ3) is 11.8. The number of carbonyl (C=O) groups is 6. The van der Waals surface area contributed by atoms with Gasteiger partial charge in [-0.3, -0.25) is 28.8 Å². The van der Waals surface area contributed by atoms with Crippen LogP contribution in [-0.2, 0) is 39.7 Å². The largest absolute Gasteiger partial charge is 0.481 e. The molecule has 2 aromatic carbocycles. The van der Waals surface area contributed by atoms with Crippen LogP contribution in [0.4, 0.5) is 0 Å². The molecule has 4 fully saturated rings. The van der Waals surface area contributed by atoms with Crippen molar-refractivity contribution in [3.05, 3.63) is 59.7 Å². The number of benzene rings is 2. The van der Waals surface area contributed by atoms with Crippen LogP contribution in [0.1, 0.15) is 116 Å². The Morgan fingerprint density at radius 2 is 1.43 bits per heavy atom. The molecule has 1 saturated heterocycles. The van der Waals surface area contributed by atoms with E-state index in [1.807, 2.05) is 12.1 Å². The maximum atomic E-state index is 13.7. The standard InChI is InChI=1S/C46H68BN7O9/c1-8-9-12-29-14-16-30(17-15-29)31-18-20-32(21-19-31)41(58)52-34(13-10-11-22-48)42(59)54-39(27(3)55)44(61)50-26(2)40(57)53-35(25-38(49)56)43(60)51-28(4)47-62-37-24-33-23-36(45(33,5)6)46(37,7)63-47/h14-21,26-28,33-37,39,55H,8-13,22-25,48H2,1-7H3,(H2,49,56)(H,50,61)(H,51,60)(H,52,58)(H,53,57)(H,54,59). The van der Waals surface area contributed by atoms with E-state index in [4.69, 9.17) is 20.8 Å². The lowest BCUT2D eigenvalue weighted by Gasteiger charge is -2.64. The minimum absolute atomic E-state index is 0.118. The molecule has 344 valence electrons. The van der Waals surface area contributed by atoms with E-state index in [1.54, 1.807) is 19.1 Å². The monoisotopic (exact) mass is 874 g/mol. The van der Waals surface area contributed by atoms with Gasteiger partial charge in [0, 0.05) is 5.56 Å². The number of aryl methyl sites for hydroxylation is 1. The van der Waals surface area contributed by atoms with Gasteiger partial charge in [-0.1, -0.05) is 63.6 Å². The van der Waals surface area contributed by atoms with Crippen molar-refractivity contribution in [2.24, 2.45) is 28.7 Å². The Labute approximate surface area is 371 Å². The van der Waals surface area contributed by atoms with E-state index >= 15 is 0 Å². The van der Waals surface area contributed by atoms with E-state index in [0.29, 0.717) is 36.8 Å². The first-order chi connectivity index (χ1) is 29.8. The Morgan fingerprint density at radius 1 is 0.794 bits per heavy atom. The topological polar surface area (TPSA) is 253 Å². The predicted octanol–water partition coefficient (Wildman–Crippen LogP) is 2.43. The lowest BCUT2D eigenvalue weighted by molar-refractivity contribution is -0.199. The number of hydrogen-bond acceptors (Lipinski definition) is 10. The van der Waals surface area contributed by atoms with E-state index in [0.717, 1.165) is 43.2 Å². The van der Waals surface area contributed by atoms with Crippen molar-refractivity contribution in [3.63, 3.8) is 0 Å². The summed E-state index contributed by atoms with van der Waals surface area (Å²) in [5.41, 5.74) is 14.3. The van der Waals surface area contributed by atoms with Crippen molar-refractivity contribution in [3.8, 4) is 11.1 Å². The van der Waals surface area contributed by atoms with Gasteiger partial charge in [0.2, 0.25) is 29.5 Å². The lowest BCUT2D eigenvalue weighted by Crippen LogP contribution is -2.65. The smallest absolute Gasteiger partial charge is 0.404 e. The normalized spacial score (nSPS) is 23.6. The molecule has 16 nitrogen and oxygen atoms in total. The zero-order valence-corrected chi connectivity index (χ0v) is 37.8. The Kier molecular flexibility index (Phi) is 16.6. The number of primary amides is 1. The van der Waals surface area contributed by atoms with Crippen molar-refractivity contribution >= 4 is 42.6 Å². The molecule has 10 N–H and O–H groups in total. The van der Waals surface area contributed by atoms with Crippen molar-refractivity contribution < 1.29 is 43.2 Å². The van der Waals surface area contributed by atoms with Gasteiger partial charge in [-0.15, -0.1) is 0 Å². The number of aliphatic hydroxyl groups excluding tert-OH is 1. The van der Waals surface area contributed by atoms with Crippen molar-refractivity contribution in [2.75, 3.05) is 6.54 Å². The maximum absolute atomic E-state index is 13.7. The second-order valence-corrected chi connectivity index (χ2v) is 18.5. The highest BCUT2D eigenvalue weighted by Gasteiger charge is 2.68. The number of rotatable bonds is 22. The maximum Gasteiger partial charge on any atom is 0.481 e. The van der Waals surface area contributed by atoms with E-state index in [1.165, 1.54) is 19.4 Å². The zero-order valence-electron chi connectivity index (χ0n) is 37.8. The summed E-state index contributed by atoms with van der Waals surface area (Å²) in [6.07, 6.45) is 4.37. The Bertz CT molecular complexity index is 1950. The highest BCUT2D eigenvalue weighted by Crippen LogP contribution is 2.65. The summed E-state index contributed by atoms with van der Waals surface area (Å²) in [4.78, 5) is 79.5. The molecular weight excluding hydrogens is 805 g/mol. The summed E-state index contributed by atoms with van der Waals surface area (Å²) in [6.45, 7) is 13.4. The van der Waals surface area contributed by atoms with Gasteiger partial charge < -0.3 is 52.5 Å². The summed E-state index contributed by atoms with van der Waals surface area (Å²) in [6, 6.07) is 10.0. The molecule has 0 radical (unpaired) electrons. The quantitative estimate of drug-likeness (QED) is 0.0634. The molecule has 17 heteroatoms. The van der Waals surface area contributed by atoms with Gasteiger partial charge in [0.1, 0.15) is 24.2 Å². The number of nitrogens with one attached hydrogen (secondary N) is 5. The molecule has 2 aromatic rings. The van der Waals surface area contributed by atoms with Crippen LogP contribution in [0.2, 0.25) is 0 Å². The summed E-state index contributed by atoms with van der Waals surface area (Å²) >= 11 is 0. The molecule has 2 bridgehead atoms. The summed E-state index contributed by atoms with van der Waals surface area (Å²) in [5, 5.41) is 23.7. The van der Waals surface area contributed by atoms with Gasteiger partial charge in [-0.05, 0) is 125 Å². The minimum Gasteiger partial charge on any atom is -0.404 e. The van der Waals surface area contributed by atoms with Crippen LogP contribution in [0.3, 0.4) is 0 Å². The highest BCUT2D eigenvalue weighted by atomic mass is 16.7. The molecule has 3 aliphatic carbocycles. The molecule has 1 heterocycles. The van der Waals surface area contributed by atoms with E-state index in [-0.39, 0.29) is 17.9 Å². The molecule has 10 unspecified atom stereocenters. The molecule has 63 heavy (non-hydrogen) atoms. The summed E-state index contributed by atoms with van der Waals surface area (Å²) < 4.78 is 12.7. The zero-order chi connectivity index (χ0) is 46.2. The number of amides is 6.